The van der Waals surface area contributed by atoms with Crippen molar-refractivity contribution in [2.75, 3.05) is 13.1 Å². The van der Waals surface area contributed by atoms with Crippen molar-refractivity contribution in [3.05, 3.63) is 59.3 Å². The Morgan fingerprint density at radius 1 is 1.30 bits per heavy atom. The number of nitrogens with zero attached hydrogens (tertiary/aromatic N) is 1. The molecule has 0 aliphatic heterocycles. The van der Waals surface area contributed by atoms with E-state index in [0.717, 1.165) is 38.1 Å². The number of furan rings is 1. The monoisotopic (exact) mass is 315 g/mol. The zero-order chi connectivity index (χ0) is 16.2. The van der Waals surface area contributed by atoms with Crippen LogP contribution in [0.2, 0.25) is 0 Å². The lowest BCUT2D eigenvalue weighted by Crippen LogP contribution is -2.37. The van der Waals surface area contributed by atoms with Gasteiger partial charge in [0.2, 0.25) is 0 Å². The van der Waals surface area contributed by atoms with Gasteiger partial charge in [-0.1, -0.05) is 6.07 Å². The van der Waals surface area contributed by atoms with Crippen LogP contribution in [0.25, 0.3) is 0 Å². The van der Waals surface area contributed by atoms with E-state index in [1.807, 2.05) is 18.2 Å². The molecule has 1 aliphatic carbocycles. The van der Waals surface area contributed by atoms with E-state index in [-0.39, 0.29) is 5.82 Å². The lowest BCUT2D eigenvalue weighted by molar-refractivity contribution is 0.200. The highest BCUT2D eigenvalue weighted by molar-refractivity contribution is 5.33. The third kappa shape index (κ3) is 4.03. The zero-order valence-electron chi connectivity index (χ0n) is 14.1. The van der Waals surface area contributed by atoms with Gasteiger partial charge in [0.25, 0.3) is 0 Å². The number of benzene rings is 1. The van der Waals surface area contributed by atoms with Crippen LogP contribution in [0.5, 0.6) is 0 Å². The summed E-state index contributed by atoms with van der Waals surface area (Å²) < 4.78 is 18.9. The minimum absolute atomic E-state index is 0.108. The highest BCUT2D eigenvalue weighted by Crippen LogP contribution is 2.33. The molecule has 0 spiro atoms. The van der Waals surface area contributed by atoms with E-state index >= 15 is 0 Å². The van der Waals surface area contributed by atoms with Crippen LogP contribution in [-0.4, -0.2) is 24.0 Å². The summed E-state index contributed by atoms with van der Waals surface area (Å²) in [6, 6.07) is 9.82. The number of halogens is 1. The first kappa shape index (κ1) is 16.3. The van der Waals surface area contributed by atoms with Crippen molar-refractivity contribution in [3.63, 3.8) is 0 Å². The molecule has 0 N–H and O–H groups in total. The summed E-state index contributed by atoms with van der Waals surface area (Å²) in [5, 5.41) is 0. The lowest BCUT2D eigenvalue weighted by Gasteiger charge is -2.33. The molecule has 1 aromatic heterocycles. The molecule has 2 nitrogen and oxygen atoms in total. The van der Waals surface area contributed by atoms with Crippen molar-refractivity contribution in [2.45, 2.75) is 51.5 Å². The summed E-state index contributed by atoms with van der Waals surface area (Å²) in [5.41, 5.74) is 2.55. The molecule has 1 atom stereocenters. The van der Waals surface area contributed by atoms with Gasteiger partial charge >= 0.3 is 0 Å². The van der Waals surface area contributed by atoms with Gasteiger partial charge in [-0.2, -0.15) is 0 Å². The van der Waals surface area contributed by atoms with E-state index in [9.17, 15) is 4.39 Å². The maximum atomic E-state index is 13.5. The Bertz CT molecular complexity index is 621. The molecule has 0 saturated heterocycles. The van der Waals surface area contributed by atoms with Gasteiger partial charge in [0.1, 0.15) is 11.6 Å². The van der Waals surface area contributed by atoms with Gasteiger partial charge < -0.3 is 4.42 Å². The summed E-state index contributed by atoms with van der Waals surface area (Å²) in [7, 11) is 0. The second-order valence-electron chi connectivity index (χ2n) is 6.85. The Morgan fingerprint density at radius 3 is 2.91 bits per heavy atom. The predicted molar refractivity (Wildman–Crippen MR) is 91.2 cm³/mol. The van der Waals surface area contributed by atoms with Crippen molar-refractivity contribution in [3.8, 4) is 0 Å². The maximum Gasteiger partial charge on any atom is 0.123 e. The minimum atomic E-state index is -0.108. The SMILES string of the molecule is CC(C)N(CCc1ccco1)CC1CCCc2cc(F)ccc21. The standard InChI is InChI=1S/C20H26FNO/c1-15(2)22(11-10-19-7-4-12-23-19)14-17-6-3-5-16-13-18(21)8-9-20(16)17/h4,7-9,12-13,15,17H,3,5-6,10-11,14H2,1-2H3. The molecule has 23 heavy (non-hydrogen) atoms. The fourth-order valence-corrected chi connectivity index (χ4v) is 3.63. The molecule has 2 aromatic rings. The first-order valence-corrected chi connectivity index (χ1v) is 8.68. The van der Waals surface area contributed by atoms with Gasteiger partial charge in [-0.3, -0.25) is 4.90 Å². The van der Waals surface area contributed by atoms with Gasteiger partial charge in [-0.15, -0.1) is 0 Å². The molecule has 124 valence electrons. The summed E-state index contributed by atoms with van der Waals surface area (Å²) >= 11 is 0. The number of rotatable bonds is 6. The topological polar surface area (TPSA) is 16.4 Å². The Hall–Kier alpha value is -1.61. The van der Waals surface area contributed by atoms with Crippen molar-refractivity contribution in [2.24, 2.45) is 0 Å². The van der Waals surface area contributed by atoms with E-state index < -0.39 is 0 Å². The molecular weight excluding hydrogens is 289 g/mol. The smallest absolute Gasteiger partial charge is 0.123 e. The fraction of sp³-hybridized carbons (Fsp3) is 0.500. The highest BCUT2D eigenvalue weighted by Gasteiger charge is 2.24. The number of aryl methyl sites for hydroxylation is 1. The van der Waals surface area contributed by atoms with E-state index in [1.54, 1.807) is 18.4 Å². The van der Waals surface area contributed by atoms with Crippen molar-refractivity contribution in [1.82, 2.24) is 4.90 Å². The quantitative estimate of drug-likeness (QED) is 0.762. The third-order valence-electron chi connectivity index (χ3n) is 4.95. The number of hydrogen-bond donors (Lipinski definition) is 0. The highest BCUT2D eigenvalue weighted by atomic mass is 19.1. The molecular formula is C20H26FNO. The largest absolute Gasteiger partial charge is 0.469 e. The molecule has 1 unspecified atom stereocenters. The summed E-state index contributed by atoms with van der Waals surface area (Å²) in [6.45, 7) is 6.53. The van der Waals surface area contributed by atoms with Crippen LogP contribution in [0, 0.1) is 5.82 Å². The van der Waals surface area contributed by atoms with E-state index in [0.29, 0.717) is 12.0 Å². The Morgan fingerprint density at radius 2 is 2.17 bits per heavy atom. The Kier molecular flexibility index (Phi) is 5.16. The second kappa shape index (κ2) is 7.31. The van der Waals surface area contributed by atoms with Crippen LogP contribution in [0.15, 0.2) is 41.0 Å². The number of hydrogen-bond acceptors (Lipinski definition) is 2. The first-order chi connectivity index (χ1) is 11.1. The molecule has 0 radical (unpaired) electrons. The van der Waals surface area contributed by atoms with E-state index in [2.05, 4.69) is 18.7 Å². The molecule has 0 saturated carbocycles. The molecule has 1 heterocycles. The molecule has 0 fully saturated rings. The van der Waals surface area contributed by atoms with Crippen molar-refractivity contribution >= 4 is 0 Å². The molecule has 1 aliphatic rings. The molecule has 3 heteroatoms. The van der Waals surface area contributed by atoms with E-state index in [1.165, 1.54) is 17.5 Å². The van der Waals surface area contributed by atoms with Crippen LogP contribution in [-0.2, 0) is 12.8 Å². The molecule has 0 amide bonds. The zero-order valence-corrected chi connectivity index (χ0v) is 14.1. The Labute approximate surface area is 138 Å². The normalized spacial score (nSPS) is 17.7. The van der Waals surface area contributed by atoms with Crippen molar-refractivity contribution in [1.29, 1.82) is 0 Å². The van der Waals surface area contributed by atoms with Gasteiger partial charge in [0, 0.05) is 25.6 Å². The summed E-state index contributed by atoms with van der Waals surface area (Å²) in [5.74, 6) is 1.45. The molecule has 3 rings (SSSR count). The molecule has 1 aromatic carbocycles. The maximum absolute atomic E-state index is 13.5. The van der Waals surface area contributed by atoms with Crippen LogP contribution < -0.4 is 0 Å². The third-order valence-corrected chi connectivity index (χ3v) is 4.95. The summed E-state index contributed by atoms with van der Waals surface area (Å²) in [4.78, 5) is 2.52. The van der Waals surface area contributed by atoms with Crippen molar-refractivity contribution < 1.29 is 8.81 Å². The van der Waals surface area contributed by atoms with Crippen LogP contribution >= 0.6 is 0 Å². The van der Waals surface area contributed by atoms with Crippen LogP contribution in [0.4, 0.5) is 4.39 Å². The van der Waals surface area contributed by atoms with Gasteiger partial charge in [-0.25, -0.2) is 4.39 Å². The fourth-order valence-electron chi connectivity index (χ4n) is 3.63. The van der Waals surface area contributed by atoms with E-state index in [4.69, 9.17) is 4.42 Å². The predicted octanol–water partition coefficient (Wildman–Crippen LogP) is 4.79. The Balaban J connectivity index is 1.68. The van der Waals surface area contributed by atoms with Gasteiger partial charge in [0.15, 0.2) is 0 Å². The summed E-state index contributed by atoms with van der Waals surface area (Å²) in [6.07, 6.45) is 6.04. The minimum Gasteiger partial charge on any atom is -0.469 e. The molecule has 0 bridgehead atoms. The average molecular weight is 315 g/mol. The average Bonchev–Trinajstić information content (AvgIpc) is 3.04. The lowest BCUT2D eigenvalue weighted by atomic mass is 9.82. The van der Waals surface area contributed by atoms with Gasteiger partial charge in [-0.05, 0) is 74.4 Å². The van der Waals surface area contributed by atoms with Gasteiger partial charge in [0.05, 0.1) is 6.26 Å². The second-order valence-corrected chi connectivity index (χ2v) is 6.85. The first-order valence-electron chi connectivity index (χ1n) is 8.68. The number of fused-ring (bicyclic) bond motifs is 1. The van der Waals surface area contributed by atoms with Crippen LogP contribution in [0.3, 0.4) is 0 Å². The van der Waals surface area contributed by atoms with Crippen LogP contribution in [0.1, 0.15) is 49.5 Å².